The lowest BCUT2D eigenvalue weighted by Gasteiger charge is -2.24. The second-order valence-electron chi connectivity index (χ2n) is 10.2. The van der Waals surface area contributed by atoms with E-state index in [0.717, 1.165) is 16.8 Å². The molecule has 0 amide bonds. The molecule has 0 unspecified atom stereocenters. The number of hydrogen-bond acceptors (Lipinski definition) is 6. The second-order valence-corrected chi connectivity index (χ2v) is 10.2. The zero-order chi connectivity index (χ0) is 31.8. The van der Waals surface area contributed by atoms with Gasteiger partial charge >= 0.3 is 5.97 Å². The third-order valence-electron chi connectivity index (χ3n) is 7.11. The number of hydrogen-bond donors (Lipinski definition) is 3. The Morgan fingerprint density at radius 3 is 1.49 bits per heavy atom. The summed E-state index contributed by atoms with van der Waals surface area (Å²) in [6, 6.07) is 1.82. The quantitative estimate of drug-likeness (QED) is 0.142. The summed E-state index contributed by atoms with van der Waals surface area (Å²) >= 11 is 0. The van der Waals surface area contributed by atoms with E-state index in [1.54, 1.807) is 25.9 Å². The van der Waals surface area contributed by atoms with Gasteiger partial charge in [0.2, 0.25) is 5.78 Å². The maximum Gasteiger partial charge on any atom is 0.339 e. The monoisotopic (exact) mass is 578 g/mol. The Morgan fingerprint density at radius 1 is 0.610 bits per heavy atom. The molecule has 11 heteroatoms. The van der Waals surface area contributed by atoms with Gasteiger partial charge < -0.3 is 25.1 Å². The Hall–Kier alpha value is -4.28. The number of rotatable bonds is 5. The zero-order valence-corrected chi connectivity index (χ0v) is 24.6. The maximum atomic E-state index is 14.3. The number of phenols is 2. The van der Waals surface area contributed by atoms with E-state index in [4.69, 9.17) is 5.11 Å². The first-order chi connectivity index (χ1) is 18.8. The number of carbonyl (C=O) groups excluding carboxylic acids is 1. The molecule has 0 aliphatic rings. The number of aromatic carboxylic acids is 1. The highest BCUT2D eigenvalue weighted by molar-refractivity contribution is 6.17. The topological polar surface area (TPSA) is 101 Å². The van der Waals surface area contributed by atoms with Crippen molar-refractivity contribution in [1.82, 2.24) is 0 Å². The van der Waals surface area contributed by atoms with E-state index in [2.05, 4.69) is 6.92 Å². The lowest BCUT2D eigenvalue weighted by molar-refractivity contribution is 0.0684. The highest BCUT2D eigenvalue weighted by Crippen LogP contribution is 2.39. The molecule has 7 nitrogen and oxygen atoms in total. The number of benzene rings is 3. The third kappa shape index (κ3) is 5.79. The molecule has 222 valence electrons. The van der Waals surface area contributed by atoms with Crippen LogP contribution >= 0.6 is 0 Å². The number of aryl methyl sites for hydroxylation is 1. The first-order valence-corrected chi connectivity index (χ1v) is 12.4. The van der Waals surface area contributed by atoms with E-state index in [-0.39, 0.29) is 11.1 Å². The van der Waals surface area contributed by atoms with Crippen LogP contribution in [0.3, 0.4) is 0 Å². The van der Waals surface area contributed by atoms with Gasteiger partial charge in [-0.05, 0) is 69.9 Å². The van der Waals surface area contributed by atoms with E-state index < -0.39 is 57.5 Å². The standard InChI is InChI=1S/C19H17F4NO4.C11H17NO/c1-6-7(2)16(24(4)5)8(3)17(25)9(6)18(26)10-11(19(27)28)13(21)15(23)14(22)12(10)20;1-7-6-10(13)9(3)11(8(7)2)12(4)5/h25H,1-5H3,(H,27,28);6,13H,1-5H3. The maximum absolute atomic E-state index is 14.3. The van der Waals surface area contributed by atoms with Crippen molar-refractivity contribution in [2.75, 3.05) is 38.0 Å². The Bertz CT molecular complexity index is 1510. The fraction of sp³-hybridized carbons (Fsp3) is 0.333. The molecule has 3 aromatic rings. The van der Waals surface area contributed by atoms with Crippen LogP contribution in [0.5, 0.6) is 11.5 Å². The molecule has 0 radical (unpaired) electrons. The Labute approximate surface area is 236 Å². The minimum Gasteiger partial charge on any atom is -0.508 e. The molecule has 0 spiro atoms. The lowest BCUT2D eigenvalue weighted by Crippen LogP contribution is -2.20. The van der Waals surface area contributed by atoms with Crippen LogP contribution in [0, 0.1) is 64.8 Å². The number of aromatic hydroxyl groups is 2. The minimum absolute atomic E-state index is 0.151. The van der Waals surface area contributed by atoms with Crippen LogP contribution in [-0.2, 0) is 0 Å². The van der Waals surface area contributed by atoms with Gasteiger partial charge in [-0.15, -0.1) is 0 Å². The molecular weight excluding hydrogens is 544 g/mol. The molecule has 3 N–H and O–H groups in total. The first kappa shape index (κ1) is 32.9. The number of carboxylic acid groups (broad SMARTS) is 1. The second kappa shape index (κ2) is 12.1. The molecular formula is C30H34F4N2O5. The van der Waals surface area contributed by atoms with Crippen LogP contribution in [0.15, 0.2) is 6.07 Å². The smallest absolute Gasteiger partial charge is 0.339 e. The van der Waals surface area contributed by atoms with Crippen LogP contribution in [0.4, 0.5) is 28.9 Å². The average Bonchev–Trinajstić information content (AvgIpc) is 2.87. The number of halogens is 4. The number of nitrogens with zero attached hydrogens (tertiary/aromatic N) is 2. The predicted molar refractivity (Wildman–Crippen MR) is 150 cm³/mol. The van der Waals surface area contributed by atoms with Gasteiger partial charge in [0.15, 0.2) is 23.3 Å². The summed E-state index contributed by atoms with van der Waals surface area (Å²) in [5, 5.41) is 29.3. The van der Waals surface area contributed by atoms with Gasteiger partial charge in [0.05, 0.1) is 11.1 Å². The molecule has 0 heterocycles. The average molecular weight is 579 g/mol. The van der Waals surface area contributed by atoms with E-state index in [1.807, 2.05) is 38.9 Å². The van der Waals surface area contributed by atoms with Gasteiger partial charge in [-0.3, -0.25) is 4.79 Å². The van der Waals surface area contributed by atoms with Gasteiger partial charge in [-0.2, -0.15) is 0 Å². The van der Waals surface area contributed by atoms with Crippen molar-refractivity contribution < 1.29 is 42.5 Å². The normalized spacial score (nSPS) is 10.7. The molecule has 0 fully saturated rings. The molecule has 41 heavy (non-hydrogen) atoms. The van der Waals surface area contributed by atoms with Gasteiger partial charge in [0.25, 0.3) is 0 Å². The summed E-state index contributed by atoms with van der Waals surface area (Å²) < 4.78 is 55.5. The van der Waals surface area contributed by atoms with Crippen LogP contribution in [-0.4, -0.2) is 55.3 Å². The predicted octanol–water partition coefficient (Wildman–Crippen LogP) is 6.25. The number of carboxylic acids is 1. The fourth-order valence-corrected chi connectivity index (χ4v) is 4.92. The van der Waals surface area contributed by atoms with Crippen LogP contribution in [0.25, 0.3) is 0 Å². The molecule has 0 aliphatic carbocycles. The van der Waals surface area contributed by atoms with Crippen molar-refractivity contribution in [2.24, 2.45) is 0 Å². The molecule has 0 atom stereocenters. The van der Waals surface area contributed by atoms with Crippen LogP contribution in [0.1, 0.15) is 59.7 Å². The first-order valence-electron chi connectivity index (χ1n) is 12.4. The zero-order valence-electron chi connectivity index (χ0n) is 24.6. The largest absolute Gasteiger partial charge is 0.508 e. The molecule has 0 aromatic heterocycles. The highest BCUT2D eigenvalue weighted by Gasteiger charge is 2.35. The van der Waals surface area contributed by atoms with E-state index in [9.17, 15) is 37.4 Å². The van der Waals surface area contributed by atoms with E-state index >= 15 is 0 Å². The van der Waals surface area contributed by atoms with Gasteiger partial charge in [0, 0.05) is 50.7 Å². The van der Waals surface area contributed by atoms with Crippen molar-refractivity contribution >= 4 is 23.1 Å². The molecule has 0 bridgehead atoms. The van der Waals surface area contributed by atoms with Crippen LogP contribution < -0.4 is 9.80 Å². The summed E-state index contributed by atoms with van der Waals surface area (Å²) in [6.07, 6.45) is 0. The van der Waals surface area contributed by atoms with Crippen LogP contribution in [0.2, 0.25) is 0 Å². The fourth-order valence-electron chi connectivity index (χ4n) is 4.92. The van der Waals surface area contributed by atoms with Crippen molar-refractivity contribution in [3.05, 3.63) is 79.4 Å². The van der Waals surface area contributed by atoms with Gasteiger partial charge in [-0.1, -0.05) is 0 Å². The Kier molecular flexibility index (Phi) is 9.70. The number of phenolic OH excluding ortho intramolecular Hbond substituents is 2. The summed E-state index contributed by atoms with van der Waals surface area (Å²) in [6.45, 7) is 10.5. The number of ketones is 1. The molecule has 3 rings (SSSR count). The number of anilines is 2. The van der Waals surface area contributed by atoms with Crippen molar-refractivity contribution in [3.8, 4) is 11.5 Å². The highest BCUT2D eigenvalue weighted by atomic mass is 19.2. The van der Waals surface area contributed by atoms with Crippen molar-refractivity contribution in [3.63, 3.8) is 0 Å². The van der Waals surface area contributed by atoms with Crippen molar-refractivity contribution in [2.45, 2.75) is 41.5 Å². The van der Waals surface area contributed by atoms with Crippen molar-refractivity contribution in [1.29, 1.82) is 0 Å². The van der Waals surface area contributed by atoms with Gasteiger partial charge in [0.1, 0.15) is 17.1 Å². The SMILES string of the molecule is Cc1c(C)c(N(C)C)c(C)c(O)c1C(=O)c1c(F)c(F)c(F)c(F)c1C(=O)O.Cc1cc(O)c(C)c(N(C)C)c1C. The molecule has 0 aliphatic heterocycles. The summed E-state index contributed by atoms with van der Waals surface area (Å²) in [7, 11) is 7.35. The summed E-state index contributed by atoms with van der Waals surface area (Å²) in [5.74, 6) is -12.9. The third-order valence-corrected chi connectivity index (χ3v) is 7.11. The molecule has 0 saturated heterocycles. The molecule has 3 aromatic carbocycles. The van der Waals surface area contributed by atoms with E-state index in [0.29, 0.717) is 17.0 Å². The number of carbonyl (C=O) groups is 2. The summed E-state index contributed by atoms with van der Waals surface area (Å²) in [4.78, 5) is 27.9. The Balaban J connectivity index is 0.000000377. The lowest BCUT2D eigenvalue weighted by atomic mass is 9.88. The molecule has 0 saturated carbocycles. The van der Waals surface area contributed by atoms with E-state index in [1.165, 1.54) is 19.4 Å². The van der Waals surface area contributed by atoms with Gasteiger partial charge in [-0.25, -0.2) is 22.4 Å². The minimum atomic E-state index is -2.34. The Morgan fingerprint density at radius 2 is 1.05 bits per heavy atom. The summed E-state index contributed by atoms with van der Waals surface area (Å²) in [5.41, 5.74) is 2.21.